The third kappa shape index (κ3) is 7.22. The number of nitrogens with zero attached hydrogens (tertiary/aromatic N) is 6. The zero-order valence-corrected chi connectivity index (χ0v) is 29.2. The molecule has 17 heteroatoms. The van der Waals surface area contributed by atoms with E-state index in [4.69, 9.17) is 63.5 Å². The van der Waals surface area contributed by atoms with Crippen molar-refractivity contribution in [3.8, 4) is 16.9 Å². The third-order valence-corrected chi connectivity index (χ3v) is 9.26. The number of aryl methyl sites for hydroxylation is 1. The highest BCUT2D eigenvalue weighted by atomic mass is 35.5. The number of hydrogen-bond acceptors (Lipinski definition) is 10. The summed E-state index contributed by atoms with van der Waals surface area (Å²) in [6, 6.07) is 15.4. The molecule has 7 rings (SSSR count). The molecule has 0 spiro atoms. The molecule has 0 aliphatic carbocycles. The minimum atomic E-state index is -1.08. The number of esters is 1. The molecule has 2 aromatic heterocycles. The Morgan fingerprint density at radius 1 is 1.04 bits per heavy atom. The Morgan fingerprint density at radius 3 is 2.55 bits per heavy atom. The Hall–Kier alpha value is -4.02. The van der Waals surface area contributed by atoms with E-state index in [2.05, 4.69) is 15.4 Å². The molecular weight excluding hydrogens is 733 g/mol. The molecule has 4 heterocycles. The van der Waals surface area contributed by atoms with Crippen molar-refractivity contribution in [3.63, 3.8) is 0 Å². The smallest absolute Gasteiger partial charge is 0.332 e. The largest absolute Gasteiger partial charge is 0.464 e. The molecule has 266 valence electrons. The molecule has 2 aliphatic heterocycles. The van der Waals surface area contributed by atoms with Gasteiger partial charge in [-0.05, 0) is 44.2 Å². The predicted molar refractivity (Wildman–Crippen MR) is 180 cm³/mol. The van der Waals surface area contributed by atoms with E-state index >= 15 is 0 Å². The minimum absolute atomic E-state index is 0.0715. The Kier molecular flexibility index (Phi) is 10.3. The summed E-state index contributed by atoms with van der Waals surface area (Å²) in [5.74, 6) is -1.91. The molecule has 0 radical (unpaired) electrons. The van der Waals surface area contributed by atoms with Crippen LogP contribution in [0.15, 0.2) is 66.9 Å². The van der Waals surface area contributed by atoms with Crippen molar-refractivity contribution in [1.82, 2.24) is 29.8 Å². The normalized spacial score (nSPS) is 23.2. The number of aromatic nitrogens is 6. The Bertz CT molecular complexity index is 2030. The minimum Gasteiger partial charge on any atom is -0.464 e. The average molecular weight is 762 g/mol. The topological polar surface area (TPSA) is 125 Å². The summed E-state index contributed by atoms with van der Waals surface area (Å²) in [4.78, 5) is 17.4. The van der Waals surface area contributed by atoms with Gasteiger partial charge < -0.3 is 23.7 Å². The quantitative estimate of drug-likeness (QED) is 0.117. The first-order chi connectivity index (χ1) is 24.6. The highest BCUT2D eigenvalue weighted by Gasteiger charge is 2.54. The summed E-state index contributed by atoms with van der Waals surface area (Å²) in [7, 11) is 0. The molecule has 0 unspecified atom stereocenters. The molecular formula is C34H29Cl3F2N6O6. The van der Waals surface area contributed by atoms with Crippen LogP contribution in [-0.4, -0.2) is 73.9 Å². The molecule has 3 aromatic carbocycles. The van der Waals surface area contributed by atoms with E-state index in [0.717, 1.165) is 17.7 Å². The average Bonchev–Trinajstić information content (AvgIpc) is 3.77. The van der Waals surface area contributed by atoms with Gasteiger partial charge in [0.05, 0.1) is 30.1 Å². The van der Waals surface area contributed by atoms with E-state index in [1.807, 2.05) is 30.3 Å². The first-order valence-corrected chi connectivity index (χ1v) is 16.9. The maximum Gasteiger partial charge on any atom is 0.332 e. The number of benzene rings is 3. The lowest BCUT2D eigenvalue weighted by molar-refractivity contribution is -0.322. The van der Waals surface area contributed by atoms with Crippen LogP contribution in [0.5, 0.6) is 0 Å². The second kappa shape index (κ2) is 14.9. The maximum absolute atomic E-state index is 14.5. The summed E-state index contributed by atoms with van der Waals surface area (Å²) in [6.07, 6.45) is -3.03. The third-order valence-electron chi connectivity index (χ3n) is 8.35. The van der Waals surface area contributed by atoms with Gasteiger partial charge in [-0.25, -0.2) is 27.9 Å². The number of rotatable bonds is 9. The van der Waals surface area contributed by atoms with Crippen LogP contribution in [0.4, 0.5) is 8.78 Å². The summed E-state index contributed by atoms with van der Waals surface area (Å²) < 4.78 is 62.9. The van der Waals surface area contributed by atoms with Crippen LogP contribution in [0, 0.1) is 18.6 Å². The van der Waals surface area contributed by atoms with E-state index < -0.39 is 66.0 Å². The molecule has 12 nitrogen and oxygen atoms in total. The lowest BCUT2D eigenvalue weighted by Crippen LogP contribution is -2.58. The zero-order chi connectivity index (χ0) is 35.8. The molecule has 0 saturated carbocycles. The van der Waals surface area contributed by atoms with Crippen molar-refractivity contribution >= 4 is 40.8 Å². The van der Waals surface area contributed by atoms with E-state index in [9.17, 15) is 13.6 Å². The molecule has 2 saturated heterocycles. The number of hydrogen-bond donors (Lipinski definition) is 0. The van der Waals surface area contributed by atoms with Gasteiger partial charge in [0, 0.05) is 16.1 Å². The van der Waals surface area contributed by atoms with Crippen LogP contribution in [-0.2, 0) is 28.5 Å². The number of ether oxygens (including phenoxy) is 5. The Morgan fingerprint density at radius 2 is 1.80 bits per heavy atom. The van der Waals surface area contributed by atoms with Gasteiger partial charge >= 0.3 is 5.97 Å². The maximum atomic E-state index is 14.5. The Balaban J connectivity index is 1.36. The number of fused-ring (bicyclic) bond motifs is 1. The molecule has 0 amide bonds. The van der Waals surface area contributed by atoms with Crippen LogP contribution < -0.4 is 0 Å². The predicted octanol–water partition coefficient (Wildman–Crippen LogP) is 6.82. The number of carbonyl (C=O) groups is 1. The summed E-state index contributed by atoms with van der Waals surface area (Å²) in [6.45, 7) is 3.09. The van der Waals surface area contributed by atoms with Crippen molar-refractivity contribution < 1.29 is 37.3 Å². The highest BCUT2D eigenvalue weighted by molar-refractivity contribution is 6.34. The van der Waals surface area contributed by atoms with Crippen LogP contribution in [0.3, 0.4) is 0 Å². The van der Waals surface area contributed by atoms with Crippen molar-refractivity contribution in [3.05, 3.63) is 111 Å². The van der Waals surface area contributed by atoms with Gasteiger partial charge in [0.1, 0.15) is 65.2 Å². The van der Waals surface area contributed by atoms with Crippen molar-refractivity contribution in [2.45, 2.75) is 50.6 Å². The van der Waals surface area contributed by atoms with Crippen LogP contribution in [0.1, 0.15) is 42.6 Å². The van der Waals surface area contributed by atoms with Crippen LogP contribution in [0.2, 0.25) is 15.1 Å². The van der Waals surface area contributed by atoms with Gasteiger partial charge in [-0.1, -0.05) is 70.3 Å². The first-order valence-electron chi connectivity index (χ1n) is 15.8. The summed E-state index contributed by atoms with van der Waals surface area (Å²) >= 11 is 18.7. The van der Waals surface area contributed by atoms with Gasteiger partial charge in [-0.3, -0.25) is 0 Å². The van der Waals surface area contributed by atoms with Crippen LogP contribution >= 0.6 is 34.8 Å². The SMILES string of the molecule is CCOC(=O)CO[C@@H]1[C@@H](n2cc(-c3cc(F)c(Cl)c(F)c3)nn2)[C@H]2O[C@@H](c3ccccc3)OC[C@H]2O[C@H]1c1nc(C)nn1-c1cc(Cl)ccc1Cl. The Labute approximate surface area is 305 Å². The molecule has 5 aromatic rings. The molecule has 2 fully saturated rings. The lowest BCUT2D eigenvalue weighted by Gasteiger charge is -2.48. The van der Waals surface area contributed by atoms with Crippen molar-refractivity contribution in [1.29, 1.82) is 0 Å². The fourth-order valence-electron chi connectivity index (χ4n) is 6.14. The zero-order valence-electron chi connectivity index (χ0n) is 27.0. The van der Waals surface area contributed by atoms with Gasteiger partial charge in [-0.2, -0.15) is 5.10 Å². The fourth-order valence-corrected chi connectivity index (χ4v) is 6.61. The van der Waals surface area contributed by atoms with Crippen LogP contribution in [0.25, 0.3) is 16.9 Å². The second-order valence-electron chi connectivity index (χ2n) is 11.7. The number of carbonyl (C=O) groups excluding carboxylic acids is 1. The molecule has 2 aliphatic rings. The van der Waals surface area contributed by atoms with E-state index in [-0.39, 0.29) is 30.3 Å². The van der Waals surface area contributed by atoms with Gasteiger partial charge in [0.25, 0.3) is 0 Å². The molecule has 6 atom stereocenters. The molecule has 51 heavy (non-hydrogen) atoms. The van der Waals surface area contributed by atoms with Crippen molar-refractivity contribution in [2.75, 3.05) is 19.8 Å². The van der Waals surface area contributed by atoms with Gasteiger partial charge in [0.2, 0.25) is 0 Å². The molecule has 0 bridgehead atoms. The highest BCUT2D eigenvalue weighted by Crippen LogP contribution is 2.46. The van der Waals surface area contributed by atoms with E-state index in [0.29, 0.717) is 21.6 Å². The second-order valence-corrected chi connectivity index (χ2v) is 12.9. The first kappa shape index (κ1) is 35.4. The summed E-state index contributed by atoms with van der Waals surface area (Å²) in [5.41, 5.74) is 1.38. The van der Waals surface area contributed by atoms with E-state index in [1.54, 1.807) is 32.0 Å². The standard InChI is InChI=1S/C34H29Cl3F2N6O6/c1-3-47-27(46)16-48-31-29(44-14-24(41-43-44)19-11-22(38)28(37)23(39)12-19)30-26(15-49-34(51-30)18-7-5-4-6-8-18)50-32(31)33-40-17(2)42-45(33)25-13-20(35)9-10-21(25)36/h4-14,26,29-32,34H,3,15-16H2,1-2H3/t26-,29+,30+,31-,32-,34+/m1/s1. The molecule has 0 N–H and O–H groups in total. The van der Waals surface area contributed by atoms with Gasteiger partial charge in [-0.15, -0.1) is 5.10 Å². The van der Waals surface area contributed by atoms with Gasteiger partial charge in [0.15, 0.2) is 12.1 Å². The number of halogens is 5. The van der Waals surface area contributed by atoms with Crippen molar-refractivity contribution in [2.24, 2.45) is 0 Å². The monoisotopic (exact) mass is 760 g/mol. The lowest BCUT2D eigenvalue weighted by atomic mass is 9.90. The van der Waals surface area contributed by atoms with E-state index in [1.165, 1.54) is 15.6 Å². The fraction of sp³-hybridized carbons (Fsp3) is 0.324. The summed E-state index contributed by atoms with van der Waals surface area (Å²) in [5, 5.41) is 13.3.